The van der Waals surface area contributed by atoms with E-state index in [0.29, 0.717) is 13.0 Å². The average molecular weight is 201 g/mol. The van der Waals surface area contributed by atoms with Gasteiger partial charge in [0, 0.05) is 19.7 Å². The number of nitrogens with zero attached hydrogens (tertiary/aromatic N) is 1. The van der Waals surface area contributed by atoms with Gasteiger partial charge in [-0.05, 0) is 25.8 Å². The molecule has 2 atom stereocenters. The molecule has 0 spiro atoms. The number of hydrogen-bond donors (Lipinski definition) is 2. The molecule has 82 valence electrons. The van der Waals surface area contributed by atoms with Crippen molar-refractivity contribution in [3.8, 4) is 0 Å². The van der Waals surface area contributed by atoms with Gasteiger partial charge in [0.05, 0.1) is 5.41 Å². The van der Waals surface area contributed by atoms with Gasteiger partial charge in [-0.15, -0.1) is 0 Å². The second kappa shape index (κ2) is 4.28. The fourth-order valence-electron chi connectivity index (χ4n) is 1.89. The van der Waals surface area contributed by atoms with E-state index in [0.717, 1.165) is 13.1 Å². The van der Waals surface area contributed by atoms with E-state index >= 15 is 0 Å². The topological polar surface area (TPSA) is 60.8 Å². The molecule has 2 unspecified atom stereocenters. The molecule has 1 fully saturated rings. The maximum atomic E-state index is 10.9. The van der Waals surface area contributed by atoms with Crippen LogP contribution < -0.4 is 0 Å². The van der Waals surface area contributed by atoms with Gasteiger partial charge < -0.3 is 15.1 Å². The number of hydrogen-bond acceptors (Lipinski definition) is 3. The minimum Gasteiger partial charge on any atom is -0.481 e. The Hall–Kier alpha value is -0.610. The molecule has 0 saturated carbocycles. The minimum absolute atomic E-state index is 0.167. The Bertz CT molecular complexity index is 219. The molecule has 0 radical (unpaired) electrons. The largest absolute Gasteiger partial charge is 0.481 e. The molecule has 14 heavy (non-hydrogen) atoms. The zero-order valence-corrected chi connectivity index (χ0v) is 8.86. The molecule has 4 heteroatoms. The molecule has 1 aliphatic heterocycles. The molecule has 0 aliphatic carbocycles. The van der Waals surface area contributed by atoms with Gasteiger partial charge in [-0.2, -0.15) is 0 Å². The number of rotatable bonds is 4. The van der Waals surface area contributed by atoms with Gasteiger partial charge in [0.15, 0.2) is 0 Å². The first-order chi connectivity index (χ1) is 6.48. The fraction of sp³-hybridized carbons (Fsp3) is 0.900. The van der Waals surface area contributed by atoms with Crippen LogP contribution in [0.1, 0.15) is 20.3 Å². The second-order valence-electron chi connectivity index (χ2n) is 4.64. The van der Waals surface area contributed by atoms with Crippen LogP contribution in [0, 0.1) is 11.3 Å². The monoisotopic (exact) mass is 201 g/mol. The van der Waals surface area contributed by atoms with Crippen molar-refractivity contribution in [2.24, 2.45) is 11.3 Å². The molecular weight excluding hydrogens is 182 g/mol. The lowest BCUT2D eigenvalue weighted by Crippen LogP contribution is -2.34. The van der Waals surface area contributed by atoms with Crippen molar-refractivity contribution in [2.75, 3.05) is 26.2 Å². The summed E-state index contributed by atoms with van der Waals surface area (Å²) in [6.45, 7) is 6.15. The molecule has 1 rings (SSSR count). The van der Waals surface area contributed by atoms with E-state index in [1.54, 1.807) is 6.92 Å². The van der Waals surface area contributed by atoms with Gasteiger partial charge in [-0.3, -0.25) is 4.79 Å². The number of aliphatic carboxylic acids is 1. The van der Waals surface area contributed by atoms with Crippen molar-refractivity contribution in [1.29, 1.82) is 0 Å². The summed E-state index contributed by atoms with van der Waals surface area (Å²) < 4.78 is 0. The summed E-state index contributed by atoms with van der Waals surface area (Å²) >= 11 is 0. The fourth-order valence-corrected chi connectivity index (χ4v) is 1.89. The SMILES string of the molecule is CC(CO)CN1CCC(C)(C(=O)O)C1. The Labute approximate surface area is 84.5 Å². The maximum Gasteiger partial charge on any atom is 0.310 e. The first kappa shape index (κ1) is 11.5. The van der Waals surface area contributed by atoms with Crippen molar-refractivity contribution >= 4 is 5.97 Å². The highest BCUT2D eigenvalue weighted by Crippen LogP contribution is 2.30. The van der Waals surface area contributed by atoms with E-state index in [9.17, 15) is 4.79 Å². The normalized spacial score (nSPS) is 30.5. The predicted molar refractivity (Wildman–Crippen MR) is 53.0 cm³/mol. The van der Waals surface area contributed by atoms with Gasteiger partial charge in [-0.25, -0.2) is 0 Å². The Kier molecular flexibility index (Phi) is 3.50. The summed E-state index contributed by atoms with van der Waals surface area (Å²) in [7, 11) is 0. The van der Waals surface area contributed by atoms with Crippen molar-refractivity contribution in [3.63, 3.8) is 0 Å². The van der Waals surface area contributed by atoms with E-state index < -0.39 is 11.4 Å². The van der Waals surface area contributed by atoms with Crippen LogP contribution in [0.3, 0.4) is 0 Å². The van der Waals surface area contributed by atoms with Crippen LogP contribution in [0.25, 0.3) is 0 Å². The van der Waals surface area contributed by atoms with Gasteiger partial charge in [0.2, 0.25) is 0 Å². The Morgan fingerprint density at radius 3 is 2.71 bits per heavy atom. The quantitative estimate of drug-likeness (QED) is 0.691. The first-order valence-electron chi connectivity index (χ1n) is 5.04. The van der Waals surface area contributed by atoms with Crippen LogP contribution in [0.2, 0.25) is 0 Å². The molecule has 0 aromatic heterocycles. The molecule has 1 aliphatic rings. The lowest BCUT2D eigenvalue weighted by molar-refractivity contribution is -0.147. The minimum atomic E-state index is -0.711. The zero-order chi connectivity index (χ0) is 10.8. The summed E-state index contributed by atoms with van der Waals surface area (Å²) in [5, 5.41) is 17.9. The Morgan fingerprint density at radius 1 is 1.64 bits per heavy atom. The van der Waals surface area contributed by atoms with Gasteiger partial charge in [-0.1, -0.05) is 6.92 Å². The number of carboxylic acids is 1. The lowest BCUT2D eigenvalue weighted by Gasteiger charge is -2.22. The van der Waals surface area contributed by atoms with Crippen molar-refractivity contribution < 1.29 is 15.0 Å². The molecule has 1 saturated heterocycles. The molecular formula is C10H19NO3. The number of aliphatic hydroxyl groups excluding tert-OH is 1. The van der Waals surface area contributed by atoms with Crippen molar-refractivity contribution in [1.82, 2.24) is 4.90 Å². The molecule has 4 nitrogen and oxygen atoms in total. The van der Waals surface area contributed by atoms with E-state index in [1.807, 2.05) is 6.92 Å². The summed E-state index contributed by atoms with van der Waals surface area (Å²) in [5.74, 6) is -0.484. The standard InChI is InChI=1S/C10H19NO3/c1-8(6-12)5-11-4-3-10(2,7-11)9(13)14/h8,12H,3-7H2,1-2H3,(H,13,14). The maximum absolute atomic E-state index is 10.9. The Balaban J connectivity index is 2.45. The smallest absolute Gasteiger partial charge is 0.310 e. The highest BCUT2D eigenvalue weighted by Gasteiger charge is 2.40. The predicted octanol–water partition coefficient (Wildman–Crippen LogP) is 0.411. The molecule has 0 aromatic rings. The lowest BCUT2D eigenvalue weighted by atomic mass is 9.90. The van der Waals surface area contributed by atoms with Gasteiger partial charge >= 0.3 is 5.97 Å². The summed E-state index contributed by atoms with van der Waals surface area (Å²) in [4.78, 5) is 13.1. The third kappa shape index (κ3) is 2.45. The van der Waals surface area contributed by atoms with Crippen molar-refractivity contribution in [2.45, 2.75) is 20.3 Å². The highest BCUT2D eigenvalue weighted by molar-refractivity contribution is 5.74. The third-order valence-electron chi connectivity index (χ3n) is 2.95. The van der Waals surface area contributed by atoms with Crippen LogP contribution in [0.5, 0.6) is 0 Å². The van der Waals surface area contributed by atoms with Crippen LogP contribution in [-0.4, -0.2) is 47.3 Å². The van der Waals surface area contributed by atoms with E-state index in [2.05, 4.69) is 4.90 Å². The van der Waals surface area contributed by atoms with Gasteiger partial charge in [0.1, 0.15) is 0 Å². The summed E-state index contributed by atoms with van der Waals surface area (Å²) in [6.07, 6.45) is 0.709. The molecule has 2 N–H and O–H groups in total. The van der Waals surface area contributed by atoms with Crippen LogP contribution in [0.4, 0.5) is 0 Å². The van der Waals surface area contributed by atoms with Crippen LogP contribution in [0.15, 0.2) is 0 Å². The van der Waals surface area contributed by atoms with E-state index in [-0.39, 0.29) is 12.5 Å². The molecule has 0 bridgehead atoms. The summed E-state index contributed by atoms with van der Waals surface area (Å²) in [6, 6.07) is 0. The van der Waals surface area contributed by atoms with Gasteiger partial charge in [0.25, 0.3) is 0 Å². The average Bonchev–Trinajstić information content (AvgIpc) is 2.49. The number of likely N-dealkylation sites (tertiary alicyclic amines) is 1. The number of aliphatic hydroxyl groups is 1. The molecule has 0 amide bonds. The summed E-state index contributed by atoms with van der Waals surface area (Å²) in [5.41, 5.74) is -0.588. The molecule has 0 aromatic carbocycles. The second-order valence-corrected chi connectivity index (χ2v) is 4.64. The highest BCUT2D eigenvalue weighted by atomic mass is 16.4. The van der Waals surface area contributed by atoms with Crippen LogP contribution >= 0.6 is 0 Å². The van der Waals surface area contributed by atoms with Crippen molar-refractivity contribution in [3.05, 3.63) is 0 Å². The van der Waals surface area contributed by atoms with E-state index in [4.69, 9.17) is 10.2 Å². The Morgan fingerprint density at radius 2 is 2.29 bits per heavy atom. The molecule has 1 heterocycles. The van der Waals surface area contributed by atoms with Crippen LogP contribution in [-0.2, 0) is 4.79 Å². The zero-order valence-electron chi connectivity index (χ0n) is 8.86. The number of carbonyl (C=O) groups is 1. The third-order valence-corrected chi connectivity index (χ3v) is 2.95. The number of carboxylic acid groups (broad SMARTS) is 1. The first-order valence-corrected chi connectivity index (χ1v) is 5.04. The van der Waals surface area contributed by atoms with E-state index in [1.165, 1.54) is 0 Å².